The van der Waals surface area contributed by atoms with E-state index in [2.05, 4.69) is 59.2 Å². The fraction of sp³-hybridized carbons (Fsp3) is 0.400. The van der Waals surface area contributed by atoms with Crippen LogP contribution in [0.1, 0.15) is 25.1 Å². The molecule has 0 aliphatic heterocycles. The zero-order chi connectivity index (χ0) is 12.8. The monoisotopic (exact) mass is 243 g/mol. The summed E-state index contributed by atoms with van der Waals surface area (Å²) in [6, 6.07) is 10.4. The maximum absolute atomic E-state index is 4.41. The van der Waals surface area contributed by atoms with Gasteiger partial charge in [-0.2, -0.15) is 0 Å². The van der Waals surface area contributed by atoms with Crippen molar-refractivity contribution in [2.24, 2.45) is 5.92 Å². The second-order valence-corrected chi connectivity index (χ2v) is 5.05. The minimum atomic E-state index is 0.677. The summed E-state index contributed by atoms with van der Waals surface area (Å²) in [6.45, 7) is 7.19. The molecule has 2 aromatic rings. The zero-order valence-corrected chi connectivity index (χ0v) is 11.1. The van der Waals surface area contributed by atoms with Crippen molar-refractivity contribution in [3.8, 4) is 0 Å². The smallest absolute Gasteiger partial charge is 0.0953 e. The number of rotatable bonds is 6. The lowest BCUT2D eigenvalue weighted by atomic mass is 10.2. The van der Waals surface area contributed by atoms with Crippen LogP contribution in [-0.4, -0.2) is 16.1 Å². The van der Waals surface area contributed by atoms with Crippen molar-refractivity contribution < 1.29 is 0 Å². The van der Waals surface area contributed by atoms with E-state index in [0.29, 0.717) is 5.92 Å². The van der Waals surface area contributed by atoms with E-state index in [0.717, 1.165) is 25.3 Å². The van der Waals surface area contributed by atoms with Gasteiger partial charge in [-0.05, 0) is 18.0 Å². The van der Waals surface area contributed by atoms with Gasteiger partial charge in [0.05, 0.1) is 12.0 Å². The van der Waals surface area contributed by atoms with Crippen LogP contribution < -0.4 is 5.32 Å². The average molecular weight is 243 g/mol. The lowest BCUT2D eigenvalue weighted by Crippen LogP contribution is -2.19. The molecule has 0 fully saturated rings. The number of hydrogen-bond donors (Lipinski definition) is 1. The van der Waals surface area contributed by atoms with Gasteiger partial charge in [0.1, 0.15) is 0 Å². The number of nitrogens with zero attached hydrogens (tertiary/aromatic N) is 2. The van der Waals surface area contributed by atoms with Crippen LogP contribution >= 0.6 is 0 Å². The number of hydrogen-bond acceptors (Lipinski definition) is 2. The third-order valence-corrected chi connectivity index (χ3v) is 2.75. The molecule has 0 bridgehead atoms. The van der Waals surface area contributed by atoms with Gasteiger partial charge in [-0.1, -0.05) is 44.2 Å². The molecule has 1 N–H and O–H groups in total. The van der Waals surface area contributed by atoms with Crippen molar-refractivity contribution in [1.29, 1.82) is 0 Å². The fourth-order valence-corrected chi connectivity index (χ4v) is 1.87. The third kappa shape index (κ3) is 4.00. The van der Waals surface area contributed by atoms with Crippen molar-refractivity contribution in [2.45, 2.75) is 26.9 Å². The van der Waals surface area contributed by atoms with E-state index in [9.17, 15) is 0 Å². The third-order valence-electron chi connectivity index (χ3n) is 2.75. The van der Waals surface area contributed by atoms with Crippen molar-refractivity contribution in [3.63, 3.8) is 0 Å². The summed E-state index contributed by atoms with van der Waals surface area (Å²) >= 11 is 0. The Morgan fingerprint density at radius 3 is 2.72 bits per heavy atom. The molecule has 96 valence electrons. The zero-order valence-electron chi connectivity index (χ0n) is 11.1. The van der Waals surface area contributed by atoms with Gasteiger partial charge in [-0.15, -0.1) is 0 Å². The molecule has 0 spiro atoms. The van der Waals surface area contributed by atoms with E-state index < -0.39 is 0 Å². The molecule has 0 aliphatic carbocycles. The van der Waals surface area contributed by atoms with E-state index in [-0.39, 0.29) is 0 Å². The fourth-order valence-electron chi connectivity index (χ4n) is 1.87. The molecular weight excluding hydrogens is 222 g/mol. The number of nitrogens with one attached hydrogen (secondary N) is 1. The summed E-state index contributed by atoms with van der Waals surface area (Å²) in [5, 5.41) is 3.40. The van der Waals surface area contributed by atoms with Gasteiger partial charge in [0.2, 0.25) is 0 Å². The number of benzene rings is 1. The number of imidazole rings is 1. The summed E-state index contributed by atoms with van der Waals surface area (Å²) in [6.07, 6.45) is 4.01. The molecule has 0 radical (unpaired) electrons. The highest BCUT2D eigenvalue weighted by molar-refractivity contribution is 5.15. The lowest BCUT2D eigenvalue weighted by molar-refractivity contribution is 0.548. The highest BCUT2D eigenvalue weighted by atomic mass is 15.0. The SMILES string of the molecule is CC(C)CNCc1cn(Cc2ccccc2)cn1. The van der Waals surface area contributed by atoms with Gasteiger partial charge in [0.15, 0.2) is 0 Å². The van der Waals surface area contributed by atoms with Crippen LogP contribution in [0.2, 0.25) is 0 Å². The minimum absolute atomic E-state index is 0.677. The first-order chi connectivity index (χ1) is 8.74. The second-order valence-electron chi connectivity index (χ2n) is 5.05. The van der Waals surface area contributed by atoms with Gasteiger partial charge in [-0.3, -0.25) is 0 Å². The van der Waals surface area contributed by atoms with Crippen molar-refractivity contribution >= 4 is 0 Å². The Hall–Kier alpha value is -1.61. The first-order valence-electron chi connectivity index (χ1n) is 6.49. The van der Waals surface area contributed by atoms with E-state index in [1.165, 1.54) is 5.56 Å². The molecule has 0 aliphatic rings. The molecule has 1 heterocycles. The van der Waals surface area contributed by atoms with E-state index in [4.69, 9.17) is 0 Å². The second kappa shape index (κ2) is 6.36. The highest BCUT2D eigenvalue weighted by Crippen LogP contribution is 2.04. The predicted octanol–water partition coefficient (Wildman–Crippen LogP) is 2.68. The average Bonchev–Trinajstić information content (AvgIpc) is 2.78. The first-order valence-corrected chi connectivity index (χ1v) is 6.49. The van der Waals surface area contributed by atoms with Crippen LogP contribution in [0.25, 0.3) is 0 Å². The Labute approximate surface area is 109 Å². The normalized spacial score (nSPS) is 11.1. The quantitative estimate of drug-likeness (QED) is 0.845. The summed E-state index contributed by atoms with van der Waals surface area (Å²) in [5.41, 5.74) is 2.41. The molecule has 0 atom stereocenters. The number of aromatic nitrogens is 2. The van der Waals surface area contributed by atoms with Crippen molar-refractivity contribution in [1.82, 2.24) is 14.9 Å². The molecule has 18 heavy (non-hydrogen) atoms. The molecule has 3 nitrogen and oxygen atoms in total. The molecule has 0 unspecified atom stereocenters. The van der Waals surface area contributed by atoms with Crippen molar-refractivity contribution in [2.75, 3.05) is 6.54 Å². The van der Waals surface area contributed by atoms with Gasteiger partial charge in [0, 0.05) is 19.3 Å². The standard InChI is InChI=1S/C15H21N3/c1-13(2)8-16-9-15-11-18(12-17-15)10-14-6-4-3-5-7-14/h3-7,11-13,16H,8-10H2,1-2H3. The maximum atomic E-state index is 4.41. The molecule has 0 amide bonds. The largest absolute Gasteiger partial charge is 0.333 e. The van der Waals surface area contributed by atoms with Gasteiger partial charge in [-0.25, -0.2) is 4.98 Å². The van der Waals surface area contributed by atoms with Gasteiger partial charge in [0.25, 0.3) is 0 Å². The Morgan fingerprint density at radius 1 is 1.22 bits per heavy atom. The molecule has 0 saturated heterocycles. The first kappa shape index (κ1) is 12.8. The maximum Gasteiger partial charge on any atom is 0.0953 e. The molecule has 2 rings (SSSR count). The topological polar surface area (TPSA) is 29.9 Å². The summed E-state index contributed by atoms with van der Waals surface area (Å²) in [5.74, 6) is 0.677. The Balaban J connectivity index is 1.86. The van der Waals surface area contributed by atoms with Crippen LogP contribution in [0.4, 0.5) is 0 Å². The van der Waals surface area contributed by atoms with E-state index in [1.54, 1.807) is 0 Å². The Bertz CT molecular complexity index is 460. The van der Waals surface area contributed by atoms with E-state index in [1.807, 2.05) is 12.4 Å². The van der Waals surface area contributed by atoms with Crippen LogP contribution in [0.5, 0.6) is 0 Å². The Kier molecular flexibility index (Phi) is 4.53. The molecule has 0 saturated carbocycles. The summed E-state index contributed by atoms with van der Waals surface area (Å²) < 4.78 is 2.13. The molecule has 3 heteroatoms. The van der Waals surface area contributed by atoms with Gasteiger partial charge >= 0.3 is 0 Å². The predicted molar refractivity (Wildman–Crippen MR) is 74.3 cm³/mol. The van der Waals surface area contributed by atoms with Crippen LogP contribution in [0.3, 0.4) is 0 Å². The molecule has 1 aromatic heterocycles. The van der Waals surface area contributed by atoms with Crippen molar-refractivity contribution in [3.05, 3.63) is 54.1 Å². The minimum Gasteiger partial charge on any atom is -0.333 e. The van der Waals surface area contributed by atoms with Gasteiger partial charge < -0.3 is 9.88 Å². The van der Waals surface area contributed by atoms with Crippen LogP contribution in [0.15, 0.2) is 42.9 Å². The summed E-state index contributed by atoms with van der Waals surface area (Å²) in [4.78, 5) is 4.41. The Morgan fingerprint density at radius 2 is 2.00 bits per heavy atom. The summed E-state index contributed by atoms with van der Waals surface area (Å²) in [7, 11) is 0. The molecule has 1 aromatic carbocycles. The van der Waals surface area contributed by atoms with Crippen LogP contribution in [0, 0.1) is 5.92 Å². The lowest BCUT2D eigenvalue weighted by Gasteiger charge is -2.05. The highest BCUT2D eigenvalue weighted by Gasteiger charge is 2.00. The van der Waals surface area contributed by atoms with Crippen LogP contribution in [-0.2, 0) is 13.1 Å². The molecular formula is C15H21N3. The van der Waals surface area contributed by atoms with E-state index >= 15 is 0 Å².